The molecule has 0 radical (unpaired) electrons. The van der Waals surface area contributed by atoms with Crippen molar-refractivity contribution in [2.75, 3.05) is 32.8 Å². The second-order valence-electron chi connectivity index (χ2n) is 5.51. The van der Waals surface area contributed by atoms with Crippen molar-refractivity contribution in [2.24, 2.45) is 0 Å². The number of rotatable bonds is 6. The summed E-state index contributed by atoms with van der Waals surface area (Å²) in [5, 5.41) is 0. The van der Waals surface area contributed by atoms with E-state index in [1.54, 1.807) is 11.0 Å². The average molecular weight is 381 g/mol. The standard InChI is InChI=1S/C14H21ClN2O4S2/c1-11(2)21-10-5-13(18)16-6-8-17(9-7-16)23(19,20)14-4-3-12(15)22-14/h3-4,11H,5-10H2,1-2H3. The first-order chi connectivity index (χ1) is 10.8. The summed E-state index contributed by atoms with van der Waals surface area (Å²) < 4.78 is 32.4. The molecule has 0 unspecified atom stereocenters. The maximum Gasteiger partial charge on any atom is 0.252 e. The predicted molar refractivity (Wildman–Crippen MR) is 90.4 cm³/mol. The minimum atomic E-state index is -3.51. The van der Waals surface area contributed by atoms with Gasteiger partial charge < -0.3 is 9.64 Å². The molecule has 1 aromatic heterocycles. The van der Waals surface area contributed by atoms with E-state index >= 15 is 0 Å². The number of carbonyl (C=O) groups is 1. The normalized spacial score (nSPS) is 17.0. The summed E-state index contributed by atoms with van der Waals surface area (Å²) in [6.07, 6.45) is 0.424. The van der Waals surface area contributed by atoms with Crippen LogP contribution in [0.25, 0.3) is 0 Å². The molecule has 1 fully saturated rings. The number of nitrogens with zero attached hydrogens (tertiary/aromatic N) is 2. The number of piperazine rings is 1. The van der Waals surface area contributed by atoms with Crippen LogP contribution in [-0.4, -0.2) is 62.4 Å². The van der Waals surface area contributed by atoms with E-state index in [1.807, 2.05) is 13.8 Å². The van der Waals surface area contributed by atoms with E-state index in [4.69, 9.17) is 16.3 Å². The second kappa shape index (κ2) is 7.94. The number of hydrogen-bond acceptors (Lipinski definition) is 5. The highest BCUT2D eigenvalue weighted by Gasteiger charge is 2.30. The Morgan fingerprint density at radius 1 is 1.30 bits per heavy atom. The van der Waals surface area contributed by atoms with E-state index in [9.17, 15) is 13.2 Å². The molecule has 1 aromatic rings. The van der Waals surface area contributed by atoms with E-state index < -0.39 is 10.0 Å². The third-order valence-electron chi connectivity index (χ3n) is 3.50. The predicted octanol–water partition coefficient (Wildman–Crippen LogP) is 2.05. The van der Waals surface area contributed by atoms with Crippen molar-refractivity contribution in [1.82, 2.24) is 9.21 Å². The number of halogens is 1. The number of thiophene rings is 1. The second-order valence-corrected chi connectivity index (χ2v) is 9.39. The summed E-state index contributed by atoms with van der Waals surface area (Å²) in [5.41, 5.74) is 0. The number of hydrogen-bond donors (Lipinski definition) is 0. The topological polar surface area (TPSA) is 66.9 Å². The largest absolute Gasteiger partial charge is 0.378 e. The Labute approximate surface area is 146 Å². The summed E-state index contributed by atoms with van der Waals surface area (Å²) in [5.74, 6) is 0.00173. The first-order valence-electron chi connectivity index (χ1n) is 7.45. The summed E-state index contributed by atoms with van der Waals surface area (Å²) in [7, 11) is -3.51. The Kier molecular flexibility index (Phi) is 6.44. The number of amides is 1. The zero-order valence-electron chi connectivity index (χ0n) is 13.2. The van der Waals surface area contributed by atoms with Gasteiger partial charge in [0.2, 0.25) is 5.91 Å². The first kappa shape index (κ1) is 18.7. The zero-order valence-corrected chi connectivity index (χ0v) is 15.6. The van der Waals surface area contributed by atoms with Crippen LogP contribution in [0.2, 0.25) is 4.34 Å². The van der Waals surface area contributed by atoms with Gasteiger partial charge in [0.15, 0.2) is 0 Å². The van der Waals surface area contributed by atoms with Crippen molar-refractivity contribution in [3.8, 4) is 0 Å². The third-order valence-corrected chi connectivity index (χ3v) is 7.10. The lowest BCUT2D eigenvalue weighted by atomic mass is 10.3. The van der Waals surface area contributed by atoms with Crippen molar-refractivity contribution >= 4 is 38.9 Å². The minimum absolute atomic E-state index is 0.00173. The van der Waals surface area contributed by atoms with Crippen LogP contribution in [0.15, 0.2) is 16.3 Å². The first-order valence-corrected chi connectivity index (χ1v) is 10.1. The molecule has 0 spiro atoms. The molecule has 0 aromatic carbocycles. The molecular formula is C14H21ClN2O4S2. The molecule has 1 saturated heterocycles. The molecule has 0 N–H and O–H groups in total. The van der Waals surface area contributed by atoms with E-state index in [1.165, 1.54) is 10.4 Å². The van der Waals surface area contributed by atoms with Crippen LogP contribution in [0.5, 0.6) is 0 Å². The highest BCUT2D eigenvalue weighted by molar-refractivity contribution is 7.91. The van der Waals surface area contributed by atoms with Crippen LogP contribution in [0.3, 0.4) is 0 Å². The Bertz CT molecular complexity index is 637. The van der Waals surface area contributed by atoms with Gasteiger partial charge in [0.05, 0.1) is 23.5 Å². The van der Waals surface area contributed by atoms with Crippen LogP contribution < -0.4 is 0 Å². The monoisotopic (exact) mass is 380 g/mol. The van der Waals surface area contributed by atoms with Crippen LogP contribution in [0, 0.1) is 0 Å². The molecule has 6 nitrogen and oxygen atoms in total. The Morgan fingerprint density at radius 2 is 1.96 bits per heavy atom. The SMILES string of the molecule is CC(C)OCCC(=O)N1CCN(S(=O)(=O)c2ccc(Cl)s2)CC1. The molecule has 0 saturated carbocycles. The van der Waals surface area contributed by atoms with Gasteiger partial charge in [0, 0.05) is 26.2 Å². The van der Waals surface area contributed by atoms with E-state index in [0.717, 1.165) is 11.3 Å². The van der Waals surface area contributed by atoms with Crippen molar-refractivity contribution < 1.29 is 17.9 Å². The quantitative estimate of drug-likeness (QED) is 0.757. The molecule has 0 aliphatic carbocycles. The van der Waals surface area contributed by atoms with Gasteiger partial charge in [-0.25, -0.2) is 8.42 Å². The van der Waals surface area contributed by atoms with E-state index in [0.29, 0.717) is 43.5 Å². The molecule has 0 atom stereocenters. The Morgan fingerprint density at radius 3 is 2.48 bits per heavy atom. The molecule has 2 rings (SSSR count). The van der Waals surface area contributed by atoms with Crippen LogP contribution in [0.1, 0.15) is 20.3 Å². The van der Waals surface area contributed by atoms with Gasteiger partial charge in [-0.2, -0.15) is 4.31 Å². The van der Waals surface area contributed by atoms with Gasteiger partial charge in [0.25, 0.3) is 10.0 Å². The van der Waals surface area contributed by atoms with Gasteiger partial charge in [0.1, 0.15) is 4.21 Å². The van der Waals surface area contributed by atoms with Gasteiger partial charge in [-0.1, -0.05) is 11.6 Å². The lowest BCUT2D eigenvalue weighted by molar-refractivity contribution is -0.133. The van der Waals surface area contributed by atoms with Gasteiger partial charge in [-0.3, -0.25) is 4.79 Å². The summed E-state index contributed by atoms with van der Waals surface area (Å²) in [6, 6.07) is 3.09. The van der Waals surface area contributed by atoms with Crippen LogP contribution in [0.4, 0.5) is 0 Å². The number of sulfonamides is 1. The molecule has 9 heteroatoms. The fraction of sp³-hybridized carbons (Fsp3) is 0.643. The molecule has 1 amide bonds. The fourth-order valence-corrected chi connectivity index (χ4v) is 5.34. The van der Waals surface area contributed by atoms with Gasteiger partial charge in [-0.05, 0) is 26.0 Å². The molecule has 1 aliphatic rings. The van der Waals surface area contributed by atoms with E-state index in [2.05, 4.69) is 0 Å². The fourth-order valence-electron chi connectivity index (χ4n) is 2.28. The summed E-state index contributed by atoms with van der Waals surface area (Å²) in [4.78, 5) is 13.8. The molecule has 23 heavy (non-hydrogen) atoms. The molecule has 2 heterocycles. The Balaban J connectivity index is 1.87. The molecule has 1 aliphatic heterocycles. The molecule has 0 bridgehead atoms. The van der Waals surface area contributed by atoms with Crippen LogP contribution in [-0.2, 0) is 19.6 Å². The number of carbonyl (C=O) groups excluding carboxylic acids is 1. The third kappa shape index (κ3) is 4.90. The van der Waals surface area contributed by atoms with Crippen LogP contribution >= 0.6 is 22.9 Å². The lowest BCUT2D eigenvalue weighted by Gasteiger charge is -2.33. The molecule has 130 valence electrons. The highest BCUT2D eigenvalue weighted by atomic mass is 35.5. The smallest absolute Gasteiger partial charge is 0.252 e. The van der Waals surface area contributed by atoms with Crippen molar-refractivity contribution in [3.05, 3.63) is 16.5 Å². The highest BCUT2D eigenvalue weighted by Crippen LogP contribution is 2.28. The zero-order chi connectivity index (χ0) is 17.0. The summed E-state index contributed by atoms with van der Waals surface area (Å²) >= 11 is 6.86. The Hall–Kier alpha value is -0.670. The average Bonchev–Trinajstić information content (AvgIpc) is 2.94. The minimum Gasteiger partial charge on any atom is -0.378 e. The molecular weight excluding hydrogens is 360 g/mol. The van der Waals surface area contributed by atoms with Crippen molar-refractivity contribution in [3.63, 3.8) is 0 Å². The van der Waals surface area contributed by atoms with Gasteiger partial charge >= 0.3 is 0 Å². The number of ether oxygens (including phenoxy) is 1. The lowest BCUT2D eigenvalue weighted by Crippen LogP contribution is -2.50. The van der Waals surface area contributed by atoms with Crippen molar-refractivity contribution in [2.45, 2.75) is 30.6 Å². The van der Waals surface area contributed by atoms with Crippen molar-refractivity contribution in [1.29, 1.82) is 0 Å². The van der Waals surface area contributed by atoms with E-state index in [-0.39, 0.29) is 16.2 Å². The summed E-state index contributed by atoms with van der Waals surface area (Å²) in [6.45, 7) is 5.64. The maximum absolute atomic E-state index is 12.5. The van der Waals surface area contributed by atoms with Gasteiger partial charge in [-0.15, -0.1) is 11.3 Å². The maximum atomic E-state index is 12.5.